The van der Waals surface area contributed by atoms with Gasteiger partial charge in [-0.2, -0.15) is 0 Å². The van der Waals surface area contributed by atoms with Gasteiger partial charge in [0.1, 0.15) is 17.3 Å². The van der Waals surface area contributed by atoms with Gasteiger partial charge in [0, 0.05) is 30.9 Å². The number of hydrogen-bond donors (Lipinski definition) is 1. The van der Waals surface area contributed by atoms with Crippen molar-refractivity contribution in [2.75, 3.05) is 6.61 Å². The Morgan fingerprint density at radius 2 is 2.00 bits per heavy atom. The molecule has 0 aliphatic heterocycles. The number of furan rings is 1. The van der Waals surface area contributed by atoms with Crippen molar-refractivity contribution in [1.29, 1.82) is 0 Å². The zero-order valence-corrected chi connectivity index (χ0v) is 18.0. The van der Waals surface area contributed by atoms with Gasteiger partial charge in [-0.05, 0) is 49.2 Å². The second kappa shape index (κ2) is 9.51. The van der Waals surface area contributed by atoms with Gasteiger partial charge in [-0.1, -0.05) is 6.92 Å². The molecule has 166 valence electrons. The Hall–Kier alpha value is -3.88. The van der Waals surface area contributed by atoms with Crippen LogP contribution in [0.15, 0.2) is 64.3 Å². The molecule has 0 spiro atoms. The summed E-state index contributed by atoms with van der Waals surface area (Å²) in [6.07, 6.45) is 5.88. The van der Waals surface area contributed by atoms with Crippen LogP contribution in [0.25, 0.3) is 11.3 Å². The Labute approximate surface area is 184 Å². The number of carbonyl (C=O) groups is 1. The molecular weight excluding hydrogens is 410 g/mol. The summed E-state index contributed by atoms with van der Waals surface area (Å²) in [5.74, 6) is 2.05. The monoisotopic (exact) mass is 435 g/mol. The van der Waals surface area contributed by atoms with E-state index in [-0.39, 0.29) is 23.0 Å². The van der Waals surface area contributed by atoms with Crippen molar-refractivity contribution in [2.24, 2.45) is 5.92 Å². The first-order valence-corrected chi connectivity index (χ1v) is 10.5. The summed E-state index contributed by atoms with van der Waals surface area (Å²) in [6, 6.07) is 10.9. The number of benzene rings is 1. The Bertz CT molecular complexity index is 1240. The normalized spacial score (nSPS) is 12.1. The van der Waals surface area contributed by atoms with Crippen LogP contribution in [0.2, 0.25) is 0 Å². The van der Waals surface area contributed by atoms with E-state index in [1.54, 1.807) is 29.1 Å². The average molecular weight is 435 g/mol. The zero-order valence-electron chi connectivity index (χ0n) is 18.0. The minimum absolute atomic E-state index is 0.0209. The first kappa shape index (κ1) is 21.4. The second-order valence-corrected chi connectivity index (χ2v) is 7.58. The van der Waals surface area contributed by atoms with Crippen molar-refractivity contribution in [2.45, 2.75) is 33.2 Å². The number of nitrogens with zero attached hydrogens (tertiary/aromatic N) is 4. The van der Waals surface area contributed by atoms with Gasteiger partial charge in [0.15, 0.2) is 0 Å². The van der Waals surface area contributed by atoms with Crippen LogP contribution in [-0.2, 0) is 17.8 Å². The van der Waals surface area contributed by atoms with Crippen LogP contribution in [0.1, 0.15) is 31.9 Å². The molecule has 0 bridgehead atoms. The number of ether oxygens (including phenoxy) is 1. The highest BCUT2D eigenvalue weighted by atomic mass is 16.5. The van der Waals surface area contributed by atoms with Crippen LogP contribution in [-0.4, -0.2) is 31.7 Å². The maximum Gasteiger partial charge on any atom is 0.300 e. The number of hydrogen-bond acceptors (Lipinski definition) is 6. The smallest absolute Gasteiger partial charge is 0.300 e. The Kier molecular flexibility index (Phi) is 6.34. The average Bonchev–Trinajstić information content (AvgIpc) is 3.44. The lowest BCUT2D eigenvalue weighted by atomic mass is 10.0. The van der Waals surface area contributed by atoms with E-state index in [2.05, 4.69) is 15.5 Å². The number of fused-ring (bicyclic) bond motifs is 1. The summed E-state index contributed by atoms with van der Waals surface area (Å²) in [5.41, 5.74) is 0.692. The molecule has 1 N–H and O–H groups in total. The summed E-state index contributed by atoms with van der Waals surface area (Å²) >= 11 is 0. The van der Waals surface area contributed by atoms with Crippen molar-refractivity contribution >= 4 is 11.6 Å². The highest BCUT2D eigenvalue weighted by Gasteiger charge is 2.16. The van der Waals surface area contributed by atoms with E-state index < -0.39 is 0 Å². The van der Waals surface area contributed by atoms with E-state index in [0.29, 0.717) is 43.3 Å². The molecular formula is C23H25N5O4. The molecule has 4 rings (SSSR count). The number of aromatic nitrogens is 4. The van der Waals surface area contributed by atoms with Crippen LogP contribution in [0.3, 0.4) is 0 Å². The fourth-order valence-corrected chi connectivity index (χ4v) is 3.52. The highest BCUT2D eigenvalue weighted by Crippen LogP contribution is 2.15. The third-order valence-electron chi connectivity index (χ3n) is 5.07. The van der Waals surface area contributed by atoms with Crippen LogP contribution < -0.4 is 15.6 Å². The molecule has 0 saturated heterocycles. The molecule has 4 aromatic rings. The van der Waals surface area contributed by atoms with Gasteiger partial charge in [-0.25, -0.2) is 0 Å². The Morgan fingerprint density at radius 3 is 2.72 bits per heavy atom. The summed E-state index contributed by atoms with van der Waals surface area (Å²) in [6.45, 7) is 4.83. The maximum atomic E-state index is 12.9. The van der Waals surface area contributed by atoms with E-state index in [4.69, 9.17) is 9.15 Å². The molecule has 1 aromatic carbocycles. The molecule has 0 aliphatic carbocycles. The lowest BCUT2D eigenvalue weighted by Gasteiger charge is -2.11. The van der Waals surface area contributed by atoms with Gasteiger partial charge in [0.25, 0.3) is 0 Å². The third-order valence-corrected chi connectivity index (χ3v) is 5.07. The predicted molar refractivity (Wildman–Crippen MR) is 118 cm³/mol. The summed E-state index contributed by atoms with van der Waals surface area (Å²) in [4.78, 5) is 25.2. The van der Waals surface area contributed by atoms with Crippen LogP contribution in [0.4, 0.5) is 0 Å². The van der Waals surface area contributed by atoms with Crippen LogP contribution >= 0.6 is 0 Å². The fraction of sp³-hybridized carbons (Fsp3) is 0.304. The number of carbonyl (C=O) groups excluding carboxylic acids is 1. The topological polar surface area (TPSA) is 104 Å². The van der Waals surface area contributed by atoms with Crippen molar-refractivity contribution in [3.05, 3.63) is 77.0 Å². The number of rotatable bonds is 9. The van der Waals surface area contributed by atoms with Gasteiger partial charge in [0.2, 0.25) is 11.6 Å². The molecule has 1 amide bonds. The zero-order chi connectivity index (χ0) is 22.5. The molecule has 9 heteroatoms. The summed E-state index contributed by atoms with van der Waals surface area (Å²) in [7, 11) is 0. The van der Waals surface area contributed by atoms with E-state index in [0.717, 1.165) is 5.75 Å². The third kappa shape index (κ3) is 4.72. The lowest BCUT2D eigenvalue weighted by Crippen LogP contribution is -2.25. The van der Waals surface area contributed by atoms with Crippen molar-refractivity contribution in [1.82, 2.24) is 24.5 Å². The number of amides is 1. The van der Waals surface area contributed by atoms with Crippen LogP contribution in [0.5, 0.6) is 5.75 Å². The van der Waals surface area contributed by atoms with E-state index in [9.17, 15) is 9.59 Å². The molecule has 0 aliphatic rings. The van der Waals surface area contributed by atoms with Gasteiger partial charge in [-0.15, -0.1) is 10.2 Å². The SMILES string of the molecule is CCOc1ccc(-n2ccn3c(C[C@H](C)CC(=O)NCc4ccco4)nnc3c2=O)cc1. The molecule has 0 radical (unpaired) electrons. The van der Waals surface area contributed by atoms with Gasteiger partial charge in [0.05, 0.1) is 19.4 Å². The van der Waals surface area contributed by atoms with Crippen molar-refractivity contribution in [3.8, 4) is 11.4 Å². The highest BCUT2D eigenvalue weighted by molar-refractivity contribution is 5.76. The first-order chi connectivity index (χ1) is 15.5. The van der Waals surface area contributed by atoms with E-state index in [1.807, 2.05) is 44.2 Å². The minimum Gasteiger partial charge on any atom is -0.494 e. The van der Waals surface area contributed by atoms with Crippen molar-refractivity contribution < 1.29 is 13.9 Å². The molecule has 3 heterocycles. The maximum absolute atomic E-state index is 12.9. The van der Waals surface area contributed by atoms with E-state index in [1.165, 1.54) is 4.57 Å². The fourth-order valence-electron chi connectivity index (χ4n) is 3.52. The molecule has 9 nitrogen and oxygen atoms in total. The van der Waals surface area contributed by atoms with Gasteiger partial charge < -0.3 is 14.5 Å². The van der Waals surface area contributed by atoms with Crippen molar-refractivity contribution in [3.63, 3.8) is 0 Å². The standard InChI is InChI=1S/C23H25N5O4/c1-3-31-18-8-6-17(7-9-18)27-10-11-28-20(25-26-22(28)23(27)30)13-16(2)14-21(29)24-15-19-5-4-12-32-19/h4-12,16H,3,13-15H2,1-2H3,(H,24,29)/t16-/m0/s1. The first-order valence-electron chi connectivity index (χ1n) is 10.5. The molecule has 32 heavy (non-hydrogen) atoms. The van der Waals surface area contributed by atoms with Crippen LogP contribution in [0, 0.1) is 5.92 Å². The van der Waals surface area contributed by atoms with Gasteiger partial charge in [-0.3, -0.25) is 18.6 Å². The van der Waals surface area contributed by atoms with E-state index >= 15 is 0 Å². The largest absolute Gasteiger partial charge is 0.494 e. The quantitative estimate of drug-likeness (QED) is 0.434. The predicted octanol–water partition coefficient (Wildman–Crippen LogP) is 2.76. The lowest BCUT2D eigenvalue weighted by molar-refractivity contribution is -0.122. The summed E-state index contributed by atoms with van der Waals surface area (Å²) < 4.78 is 13.9. The molecule has 1 atom stereocenters. The molecule has 3 aromatic heterocycles. The Morgan fingerprint density at radius 1 is 1.19 bits per heavy atom. The summed E-state index contributed by atoms with van der Waals surface area (Å²) in [5, 5.41) is 11.1. The molecule has 0 fully saturated rings. The minimum atomic E-state index is -0.265. The number of nitrogens with one attached hydrogen (secondary N) is 1. The second-order valence-electron chi connectivity index (χ2n) is 7.58. The Balaban J connectivity index is 1.44. The molecule has 0 saturated carbocycles. The molecule has 0 unspecified atom stereocenters. The van der Waals surface area contributed by atoms with Gasteiger partial charge >= 0.3 is 5.56 Å².